The third kappa shape index (κ3) is 3.21. The van der Waals surface area contributed by atoms with Crippen molar-refractivity contribution in [1.29, 1.82) is 0 Å². The largest absolute Gasteiger partial charge is 0.368 e. The molecule has 0 saturated heterocycles. The molecule has 0 rings (SSSR count). The van der Waals surface area contributed by atoms with E-state index in [2.05, 4.69) is 16.4 Å². The fourth-order valence-corrected chi connectivity index (χ4v) is 0.526. The van der Waals surface area contributed by atoms with Gasteiger partial charge in [0.25, 0.3) is 0 Å². The lowest BCUT2D eigenvalue weighted by Gasteiger charge is -2.13. The molecule has 0 aliphatic heterocycles. The maximum absolute atomic E-state index is 8.95. The van der Waals surface area contributed by atoms with Crippen molar-refractivity contribution in [2.75, 3.05) is 13.7 Å². The van der Waals surface area contributed by atoms with Crippen LogP contribution in [0.15, 0.2) is 4.99 Å². The number of hydrogen-bond donors (Lipinski definition) is 1. The zero-order valence-corrected chi connectivity index (χ0v) is 5.87. The summed E-state index contributed by atoms with van der Waals surface area (Å²) < 4.78 is 4.63. The molecule has 1 unspecified atom stereocenters. The summed E-state index contributed by atoms with van der Waals surface area (Å²) in [4.78, 5) is 3.61. The van der Waals surface area contributed by atoms with Gasteiger partial charge in [-0.3, -0.25) is 0 Å². The number of aliphatic hydroxyl groups is 1. The van der Waals surface area contributed by atoms with Crippen molar-refractivity contribution in [1.82, 2.24) is 0 Å². The Kier molecular flexibility index (Phi) is 4.26. The van der Waals surface area contributed by atoms with E-state index in [0.29, 0.717) is 6.54 Å². The predicted octanol–water partition coefficient (Wildman–Crippen LogP) is 0.288. The van der Waals surface area contributed by atoms with Crippen molar-refractivity contribution in [2.24, 2.45) is 10.9 Å². The highest BCUT2D eigenvalue weighted by atomic mass is 16.6. The Morgan fingerprint density at radius 2 is 2.33 bits per heavy atom. The first-order valence-electron chi connectivity index (χ1n) is 2.85. The lowest BCUT2D eigenvalue weighted by Crippen LogP contribution is -2.21. The average Bonchev–Trinajstić information content (AvgIpc) is 1.87. The minimum atomic E-state index is -0.713. The standard InChI is InChI=1S/C6H13NO2/c1-5(4-7-2)6(8)9-3/h5-6,8H,2,4H2,1,3H3/t5-,6?/m1/s1. The second kappa shape index (κ2) is 4.47. The van der Waals surface area contributed by atoms with Crippen molar-refractivity contribution >= 4 is 6.72 Å². The van der Waals surface area contributed by atoms with E-state index < -0.39 is 6.29 Å². The van der Waals surface area contributed by atoms with E-state index in [1.165, 1.54) is 7.11 Å². The first-order valence-corrected chi connectivity index (χ1v) is 2.85. The third-order valence-corrected chi connectivity index (χ3v) is 1.15. The fraction of sp³-hybridized carbons (Fsp3) is 0.833. The summed E-state index contributed by atoms with van der Waals surface area (Å²) in [6.45, 7) is 5.69. The molecule has 0 radical (unpaired) electrons. The number of methoxy groups -OCH3 is 1. The maximum Gasteiger partial charge on any atom is 0.158 e. The molecule has 1 N–H and O–H groups in total. The molecule has 0 bridgehead atoms. The second-order valence-corrected chi connectivity index (χ2v) is 2.01. The molecule has 3 heteroatoms. The zero-order valence-electron chi connectivity index (χ0n) is 5.87. The number of hydrogen-bond acceptors (Lipinski definition) is 3. The molecule has 0 aromatic rings. The molecule has 0 spiro atoms. The molecule has 3 nitrogen and oxygen atoms in total. The number of rotatable bonds is 4. The average molecular weight is 131 g/mol. The minimum absolute atomic E-state index is 0.0347. The lowest BCUT2D eigenvalue weighted by molar-refractivity contribution is -0.105. The van der Waals surface area contributed by atoms with Gasteiger partial charge in [0.2, 0.25) is 0 Å². The normalized spacial score (nSPS) is 16.8. The van der Waals surface area contributed by atoms with Crippen molar-refractivity contribution in [3.63, 3.8) is 0 Å². The van der Waals surface area contributed by atoms with E-state index in [-0.39, 0.29) is 5.92 Å². The molecule has 2 atom stereocenters. The van der Waals surface area contributed by atoms with Crippen LogP contribution in [0.3, 0.4) is 0 Å². The van der Waals surface area contributed by atoms with Crippen molar-refractivity contribution in [3.05, 3.63) is 0 Å². The summed E-state index contributed by atoms with van der Waals surface area (Å²) in [7, 11) is 1.46. The van der Waals surface area contributed by atoms with Crippen LogP contribution < -0.4 is 0 Å². The third-order valence-electron chi connectivity index (χ3n) is 1.15. The molecule has 0 heterocycles. The van der Waals surface area contributed by atoms with E-state index in [1.54, 1.807) is 0 Å². The molecular formula is C6H13NO2. The Labute approximate surface area is 55.4 Å². The summed E-state index contributed by atoms with van der Waals surface area (Å²) in [6.07, 6.45) is -0.713. The molecule has 0 aliphatic carbocycles. The van der Waals surface area contributed by atoms with Crippen molar-refractivity contribution in [2.45, 2.75) is 13.2 Å². The number of aliphatic hydroxyl groups excluding tert-OH is 1. The van der Waals surface area contributed by atoms with Crippen molar-refractivity contribution in [3.8, 4) is 0 Å². The molecular weight excluding hydrogens is 118 g/mol. The van der Waals surface area contributed by atoms with Gasteiger partial charge >= 0.3 is 0 Å². The smallest absolute Gasteiger partial charge is 0.158 e. The van der Waals surface area contributed by atoms with Crippen LogP contribution in [0.4, 0.5) is 0 Å². The summed E-state index contributed by atoms with van der Waals surface area (Å²) in [5.74, 6) is 0.0347. The van der Waals surface area contributed by atoms with Crippen LogP contribution in [0.25, 0.3) is 0 Å². The topological polar surface area (TPSA) is 41.8 Å². The second-order valence-electron chi connectivity index (χ2n) is 2.01. The molecule has 9 heavy (non-hydrogen) atoms. The van der Waals surface area contributed by atoms with Gasteiger partial charge in [-0.05, 0) is 6.72 Å². The first kappa shape index (κ1) is 8.59. The summed E-state index contributed by atoms with van der Waals surface area (Å²) in [5, 5.41) is 8.95. The summed E-state index contributed by atoms with van der Waals surface area (Å²) in [6, 6.07) is 0. The van der Waals surface area contributed by atoms with Crippen molar-refractivity contribution < 1.29 is 9.84 Å². The maximum atomic E-state index is 8.95. The Hall–Kier alpha value is -0.410. The molecule has 54 valence electrons. The quantitative estimate of drug-likeness (QED) is 0.440. The van der Waals surface area contributed by atoms with Crippen LogP contribution in [0.1, 0.15) is 6.92 Å². The van der Waals surface area contributed by atoms with Crippen LogP contribution in [-0.2, 0) is 4.74 Å². The summed E-state index contributed by atoms with van der Waals surface area (Å²) >= 11 is 0. The van der Waals surface area contributed by atoms with Gasteiger partial charge in [0.1, 0.15) is 0 Å². The van der Waals surface area contributed by atoms with Crippen LogP contribution in [-0.4, -0.2) is 31.8 Å². The monoisotopic (exact) mass is 131 g/mol. The highest BCUT2D eigenvalue weighted by Gasteiger charge is 2.10. The van der Waals surface area contributed by atoms with Gasteiger partial charge in [-0.25, -0.2) is 0 Å². The Bertz CT molecular complexity index is 85.1. The molecule has 0 amide bonds. The van der Waals surface area contributed by atoms with Gasteiger partial charge in [0, 0.05) is 19.6 Å². The van der Waals surface area contributed by atoms with Crippen LogP contribution >= 0.6 is 0 Å². The predicted molar refractivity (Wildman–Crippen MR) is 36.6 cm³/mol. The molecule has 0 fully saturated rings. The van der Waals surface area contributed by atoms with Gasteiger partial charge in [0.05, 0.1) is 0 Å². The Morgan fingerprint density at radius 1 is 1.78 bits per heavy atom. The summed E-state index contributed by atoms with van der Waals surface area (Å²) in [5.41, 5.74) is 0. The van der Waals surface area contributed by atoms with Gasteiger partial charge in [-0.1, -0.05) is 6.92 Å². The highest BCUT2D eigenvalue weighted by Crippen LogP contribution is 2.02. The highest BCUT2D eigenvalue weighted by molar-refractivity contribution is 5.23. The number of aliphatic imine (C=N–C) groups is 1. The van der Waals surface area contributed by atoms with E-state index in [4.69, 9.17) is 5.11 Å². The van der Waals surface area contributed by atoms with E-state index in [0.717, 1.165) is 0 Å². The lowest BCUT2D eigenvalue weighted by atomic mass is 10.2. The van der Waals surface area contributed by atoms with Gasteiger partial charge in [-0.15, -0.1) is 0 Å². The number of nitrogens with zero attached hydrogens (tertiary/aromatic N) is 1. The first-order chi connectivity index (χ1) is 4.22. The Balaban J connectivity index is 3.44. The molecule has 0 aliphatic rings. The molecule has 0 aromatic heterocycles. The minimum Gasteiger partial charge on any atom is -0.368 e. The Morgan fingerprint density at radius 3 is 2.67 bits per heavy atom. The van der Waals surface area contributed by atoms with Crippen LogP contribution in [0.5, 0.6) is 0 Å². The van der Waals surface area contributed by atoms with Gasteiger partial charge in [0.15, 0.2) is 6.29 Å². The van der Waals surface area contributed by atoms with Crippen LogP contribution in [0.2, 0.25) is 0 Å². The van der Waals surface area contributed by atoms with E-state index in [9.17, 15) is 0 Å². The zero-order chi connectivity index (χ0) is 7.28. The van der Waals surface area contributed by atoms with E-state index >= 15 is 0 Å². The number of ether oxygens (including phenoxy) is 1. The van der Waals surface area contributed by atoms with Gasteiger partial charge < -0.3 is 14.8 Å². The molecule has 0 aromatic carbocycles. The van der Waals surface area contributed by atoms with Crippen LogP contribution in [0, 0.1) is 5.92 Å². The fourth-order valence-electron chi connectivity index (χ4n) is 0.526. The van der Waals surface area contributed by atoms with E-state index in [1.807, 2.05) is 6.92 Å². The van der Waals surface area contributed by atoms with Gasteiger partial charge in [-0.2, -0.15) is 0 Å². The molecule has 0 saturated carbocycles. The SMILES string of the molecule is C=NC[C@@H](C)C(O)OC.